The van der Waals surface area contributed by atoms with Crippen molar-refractivity contribution in [2.24, 2.45) is 5.92 Å². The second-order valence-electron chi connectivity index (χ2n) is 10.7. The van der Waals surface area contributed by atoms with Crippen LogP contribution in [0, 0.1) is 5.92 Å². The molecular weight excluding hydrogens is 360 g/mol. The van der Waals surface area contributed by atoms with E-state index in [0.717, 1.165) is 6.42 Å². The predicted octanol–water partition coefficient (Wildman–Crippen LogP) is 5.98. The molecule has 4 heteroatoms. The average Bonchev–Trinajstić information content (AvgIpc) is 2.95. The Hall–Kier alpha value is -0.900. The molecule has 0 aromatic carbocycles. The van der Waals surface area contributed by atoms with Crippen LogP contribution in [0.1, 0.15) is 125 Å². The molecule has 0 radical (unpaired) electrons. The maximum Gasteiger partial charge on any atom is 0.244 e. The second-order valence-corrected chi connectivity index (χ2v) is 10.7. The lowest BCUT2D eigenvalue weighted by atomic mass is 9.69. The van der Waals surface area contributed by atoms with Gasteiger partial charge in [-0.3, -0.25) is 19.8 Å². The molecule has 1 N–H and O–H groups in total. The van der Waals surface area contributed by atoms with Crippen LogP contribution in [0.25, 0.3) is 0 Å². The van der Waals surface area contributed by atoms with Crippen molar-refractivity contribution in [2.75, 3.05) is 0 Å². The number of nitrogens with zero attached hydrogens (tertiary/aromatic N) is 1. The van der Waals surface area contributed by atoms with Crippen LogP contribution in [0.5, 0.6) is 0 Å². The third kappa shape index (κ3) is 6.54. The topological polar surface area (TPSA) is 49.4 Å². The summed E-state index contributed by atoms with van der Waals surface area (Å²) in [6, 6.07) is -0.303. The third-order valence-corrected chi connectivity index (χ3v) is 7.54. The van der Waals surface area contributed by atoms with E-state index in [9.17, 15) is 9.59 Å². The summed E-state index contributed by atoms with van der Waals surface area (Å²) >= 11 is 0. The van der Waals surface area contributed by atoms with Crippen LogP contribution in [-0.2, 0) is 9.59 Å². The highest BCUT2D eigenvalue weighted by Crippen LogP contribution is 2.46. The molecule has 2 aliphatic heterocycles. The minimum atomic E-state index is -0.303. The molecule has 2 rings (SSSR count). The van der Waals surface area contributed by atoms with Gasteiger partial charge < -0.3 is 0 Å². The normalized spacial score (nSPS) is 26.7. The standard InChI is InChI=1S/C25H46N2O2/c1-6-7-8-9-10-11-12-13-14-15-16-20-17-18-24(2,3)27(25(20,4)5)21-19-22(28)26-23(21)29/h20-21H,6-19H2,1-5H3,(H,26,28,29). The minimum Gasteiger partial charge on any atom is -0.295 e. The summed E-state index contributed by atoms with van der Waals surface area (Å²) in [5.74, 6) is 0.368. The Morgan fingerprint density at radius 1 is 0.897 bits per heavy atom. The van der Waals surface area contributed by atoms with Crippen molar-refractivity contribution < 1.29 is 9.59 Å². The van der Waals surface area contributed by atoms with Gasteiger partial charge in [0.15, 0.2) is 0 Å². The van der Waals surface area contributed by atoms with Crippen molar-refractivity contribution in [3.8, 4) is 0 Å². The number of amides is 2. The summed E-state index contributed by atoms with van der Waals surface area (Å²) in [5, 5.41) is 2.52. The molecule has 0 aliphatic carbocycles. The van der Waals surface area contributed by atoms with Crippen LogP contribution in [0.4, 0.5) is 0 Å². The van der Waals surface area contributed by atoms with Crippen LogP contribution in [-0.4, -0.2) is 33.8 Å². The van der Waals surface area contributed by atoms with Gasteiger partial charge in [0.2, 0.25) is 11.8 Å². The quantitative estimate of drug-likeness (QED) is 0.320. The maximum atomic E-state index is 12.4. The second kappa shape index (κ2) is 10.9. The summed E-state index contributed by atoms with van der Waals surface area (Å²) in [7, 11) is 0. The van der Waals surface area contributed by atoms with Crippen molar-refractivity contribution >= 4 is 11.8 Å². The van der Waals surface area contributed by atoms with E-state index in [2.05, 4.69) is 44.8 Å². The monoisotopic (exact) mass is 406 g/mol. The highest BCUT2D eigenvalue weighted by molar-refractivity contribution is 6.05. The Labute approximate surface area is 179 Å². The fourth-order valence-corrected chi connectivity index (χ4v) is 5.93. The van der Waals surface area contributed by atoms with E-state index in [-0.39, 0.29) is 28.9 Å². The van der Waals surface area contributed by atoms with E-state index in [1.165, 1.54) is 77.0 Å². The van der Waals surface area contributed by atoms with E-state index in [1.807, 2.05) is 0 Å². The van der Waals surface area contributed by atoms with Gasteiger partial charge in [-0.05, 0) is 52.9 Å². The highest BCUT2D eigenvalue weighted by atomic mass is 16.2. The molecule has 0 aromatic rings. The van der Waals surface area contributed by atoms with Crippen LogP contribution in [0.3, 0.4) is 0 Å². The fraction of sp³-hybridized carbons (Fsp3) is 0.920. The molecule has 29 heavy (non-hydrogen) atoms. The van der Waals surface area contributed by atoms with Crippen molar-refractivity contribution in [1.82, 2.24) is 10.2 Å². The van der Waals surface area contributed by atoms with Crippen molar-refractivity contribution in [1.29, 1.82) is 0 Å². The number of nitrogens with one attached hydrogen (secondary N) is 1. The minimum absolute atomic E-state index is 0.0512. The summed E-state index contributed by atoms with van der Waals surface area (Å²) < 4.78 is 0. The van der Waals surface area contributed by atoms with E-state index in [0.29, 0.717) is 12.3 Å². The van der Waals surface area contributed by atoms with Gasteiger partial charge in [0.05, 0.1) is 12.5 Å². The number of rotatable bonds is 12. The van der Waals surface area contributed by atoms with Gasteiger partial charge in [-0.25, -0.2) is 0 Å². The van der Waals surface area contributed by atoms with E-state index in [4.69, 9.17) is 0 Å². The third-order valence-electron chi connectivity index (χ3n) is 7.54. The first kappa shape index (κ1) is 24.4. The largest absolute Gasteiger partial charge is 0.295 e. The molecule has 2 aliphatic rings. The first-order chi connectivity index (χ1) is 13.7. The van der Waals surface area contributed by atoms with Gasteiger partial charge in [0.1, 0.15) is 0 Å². The van der Waals surface area contributed by atoms with E-state index >= 15 is 0 Å². The zero-order valence-corrected chi connectivity index (χ0v) is 19.8. The lowest BCUT2D eigenvalue weighted by molar-refractivity contribution is -0.139. The van der Waals surface area contributed by atoms with Crippen molar-refractivity contribution in [3.63, 3.8) is 0 Å². The van der Waals surface area contributed by atoms with E-state index in [1.54, 1.807) is 0 Å². The average molecular weight is 407 g/mol. The van der Waals surface area contributed by atoms with Gasteiger partial charge >= 0.3 is 0 Å². The maximum absolute atomic E-state index is 12.4. The SMILES string of the molecule is CCCCCCCCCCCCC1CCC(C)(C)N(C2CC(=O)NC2=O)C1(C)C. The van der Waals surface area contributed by atoms with Crippen molar-refractivity contribution in [2.45, 2.75) is 142 Å². The molecule has 2 heterocycles. The number of imide groups is 1. The number of piperidine rings is 1. The molecule has 4 nitrogen and oxygen atoms in total. The Kier molecular flexibility index (Phi) is 9.18. The number of carbonyl (C=O) groups is 2. The summed E-state index contributed by atoms with van der Waals surface area (Å²) in [5.41, 5.74) is -0.113. The highest BCUT2D eigenvalue weighted by Gasteiger charge is 2.53. The van der Waals surface area contributed by atoms with Gasteiger partial charge in [-0.2, -0.15) is 0 Å². The smallest absolute Gasteiger partial charge is 0.244 e. The van der Waals surface area contributed by atoms with Gasteiger partial charge in [-0.1, -0.05) is 71.1 Å². The Morgan fingerprint density at radius 3 is 1.97 bits per heavy atom. The molecule has 2 unspecified atom stereocenters. The molecule has 0 saturated carbocycles. The van der Waals surface area contributed by atoms with Crippen LogP contribution < -0.4 is 5.32 Å². The Balaban J connectivity index is 1.78. The van der Waals surface area contributed by atoms with Crippen LogP contribution >= 0.6 is 0 Å². The molecule has 0 spiro atoms. The molecule has 0 bridgehead atoms. The molecular formula is C25H46N2O2. The zero-order valence-electron chi connectivity index (χ0n) is 19.8. The lowest BCUT2D eigenvalue weighted by Crippen LogP contribution is -2.66. The molecule has 2 saturated heterocycles. The molecule has 2 fully saturated rings. The predicted molar refractivity (Wildman–Crippen MR) is 121 cm³/mol. The van der Waals surface area contributed by atoms with Gasteiger partial charge in [-0.15, -0.1) is 0 Å². The first-order valence-electron chi connectivity index (χ1n) is 12.3. The molecule has 2 atom stereocenters. The number of unbranched alkanes of at least 4 members (excludes halogenated alkanes) is 9. The summed E-state index contributed by atoms with van der Waals surface area (Å²) in [6.07, 6.45) is 17.5. The molecule has 2 amide bonds. The number of hydrogen-bond donors (Lipinski definition) is 1. The number of likely N-dealkylation sites (tertiary alicyclic amines) is 1. The number of hydrogen-bond acceptors (Lipinski definition) is 3. The van der Waals surface area contributed by atoms with Crippen LogP contribution in [0.15, 0.2) is 0 Å². The Morgan fingerprint density at radius 2 is 1.45 bits per heavy atom. The first-order valence-corrected chi connectivity index (χ1v) is 12.3. The number of carbonyl (C=O) groups excluding carboxylic acids is 2. The molecule has 168 valence electrons. The fourth-order valence-electron chi connectivity index (χ4n) is 5.93. The van der Waals surface area contributed by atoms with Gasteiger partial charge in [0, 0.05) is 11.1 Å². The van der Waals surface area contributed by atoms with E-state index < -0.39 is 0 Å². The Bertz CT molecular complexity index is 541. The summed E-state index contributed by atoms with van der Waals surface area (Å²) in [4.78, 5) is 26.6. The van der Waals surface area contributed by atoms with Crippen molar-refractivity contribution in [3.05, 3.63) is 0 Å². The van der Waals surface area contributed by atoms with Crippen LogP contribution in [0.2, 0.25) is 0 Å². The molecule has 0 aromatic heterocycles. The lowest BCUT2D eigenvalue weighted by Gasteiger charge is -2.58. The summed E-state index contributed by atoms with van der Waals surface area (Å²) in [6.45, 7) is 11.3. The van der Waals surface area contributed by atoms with Gasteiger partial charge in [0.25, 0.3) is 0 Å². The zero-order chi connectivity index (χ0) is 21.5.